The van der Waals surface area contributed by atoms with Crippen LogP contribution >= 0.6 is 22.9 Å². The standard InChI is InChI=1S/C13H14ClNO4S/c1-18-13(17)10-8-19-7-6-15(10)12(16)5-3-9-2-4-11(14)20-9/h2-5,10H,6-8H2,1H3/b5-3+. The number of esters is 1. The van der Waals surface area contributed by atoms with E-state index in [1.165, 1.54) is 29.4 Å². The fourth-order valence-corrected chi connectivity index (χ4v) is 2.83. The third-order valence-corrected chi connectivity index (χ3v) is 4.07. The van der Waals surface area contributed by atoms with E-state index in [0.717, 1.165) is 4.88 Å². The van der Waals surface area contributed by atoms with E-state index in [1.54, 1.807) is 12.1 Å². The molecule has 0 aliphatic carbocycles. The number of methoxy groups -OCH3 is 1. The number of carbonyl (C=O) groups excluding carboxylic acids is 2. The number of thiophene rings is 1. The van der Waals surface area contributed by atoms with E-state index in [9.17, 15) is 9.59 Å². The van der Waals surface area contributed by atoms with Gasteiger partial charge in [-0.15, -0.1) is 11.3 Å². The van der Waals surface area contributed by atoms with E-state index in [4.69, 9.17) is 16.3 Å². The number of rotatable bonds is 3. The van der Waals surface area contributed by atoms with Gasteiger partial charge in [-0.2, -0.15) is 0 Å². The molecule has 1 aromatic rings. The second-order valence-electron chi connectivity index (χ2n) is 4.12. The third-order valence-electron chi connectivity index (χ3n) is 2.87. The van der Waals surface area contributed by atoms with Crippen LogP contribution in [0.3, 0.4) is 0 Å². The first kappa shape index (κ1) is 15.0. The monoisotopic (exact) mass is 315 g/mol. The highest BCUT2D eigenvalue weighted by molar-refractivity contribution is 7.17. The maximum absolute atomic E-state index is 12.2. The maximum atomic E-state index is 12.2. The van der Waals surface area contributed by atoms with Gasteiger partial charge in [-0.05, 0) is 18.2 Å². The molecular weight excluding hydrogens is 302 g/mol. The minimum absolute atomic E-state index is 0.164. The molecule has 1 atom stereocenters. The Bertz CT molecular complexity index is 528. The molecule has 7 heteroatoms. The normalized spacial score (nSPS) is 19.3. The Balaban J connectivity index is 2.06. The average Bonchev–Trinajstić information content (AvgIpc) is 2.89. The van der Waals surface area contributed by atoms with Crippen molar-refractivity contribution in [2.24, 2.45) is 0 Å². The second kappa shape index (κ2) is 6.88. The quantitative estimate of drug-likeness (QED) is 0.630. The molecule has 1 unspecified atom stereocenters. The Morgan fingerprint density at radius 2 is 2.35 bits per heavy atom. The Labute approximate surface area is 125 Å². The maximum Gasteiger partial charge on any atom is 0.331 e. The molecule has 0 spiro atoms. The highest BCUT2D eigenvalue weighted by Gasteiger charge is 2.32. The number of hydrogen-bond acceptors (Lipinski definition) is 5. The number of morpholine rings is 1. The topological polar surface area (TPSA) is 55.8 Å². The molecule has 2 rings (SSSR count). The predicted molar refractivity (Wildman–Crippen MR) is 76.7 cm³/mol. The number of ether oxygens (including phenoxy) is 2. The molecule has 0 saturated carbocycles. The first-order valence-electron chi connectivity index (χ1n) is 6.01. The Kier molecular flexibility index (Phi) is 5.17. The number of nitrogens with zero attached hydrogens (tertiary/aromatic N) is 1. The lowest BCUT2D eigenvalue weighted by atomic mass is 10.2. The van der Waals surface area contributed by atoms with Crippen molar-refractivity contribution in [1.82, 2.24) is 4.90 Å². The summed E-state index contributed by atoms with van der Waals surface area (Å²) < 4.78 is 10.6. The summed E-state index contributed by atoms with van der Waals surface area (Å²) in [4.78, 5) is 26.1. The van der Waals surface area contributed by atoms with Crippen LogP contribution in [0.5, 0.6) is 0 Å². The van der Waals surface area contributed by atoms with Gasteiger partial charge in [0.25, 0.3) is 0 Å². The zero-order valence-corrected chi connectivity index (χ0v) is 12.4. The van der Waals surface area contributed by atoms with Crippen LogP contribution in [0.2, 0.25) is 4.34 Å². The highest BCUT2D eigenvalue weighted by Crippen LogP contribution is 2.22. The number of hydrogen-bond donors (Lipinski definition) is 0. The lowest BCUT2D eigenvalue weighted by Gasteiger charge is -2.32. The van der Waals surface area contributed by atoms with E-state index >= 15 is 0 Å². The molecule has 108 valence electrons. The van der Waals surface area contributed by atoms with Gasteiger partial charge >= 0.3 is 5.97 Å². The molecule has 5 nitrogen and oxygen atoms in total. The van der Waals surface area contributed by atoms with Crippen molar-refractivity contribution in [2.75, 3.05) is 26.9 Å². The smallest absolute Gasteiger partial charge is 0.331 e. The first-order valence-corrected chi connectivity index (χ1v) is 7.21. The van der Waals surface area contributed by atoms with Crippen molar-refractivity contribution in [3.05, 3.63) is 27.4 Å². The van der Waals surface area contributed by atoms with Gasteiger partial charge in [0.05, 0.1) is 24.7 Å². The summed E-state index contributed by atoms with van der Waals surface area (Å²) in [5, 5.41) is 0. The van der Waals surface area contributed by atoms with E-state index in [0.29, 0.717) is 17.5 Å². The van der Waals surface area contributed by atoms with Gasteiger partial charge in [0.15, 0.2) is 6.04 Å². The van der Waals surface area contributed by atoms with Crippen LogP contribution in [0, 0.1) is 0 Å². The van der Waals surface area contributed by atoms with Crippen LogP contribution in [-0.4, -0.2) is 49.7 Å². The lowest BCUT2D eigenvalue weighted by molar-refractivity contribution is -0.158. The van der Waals surface area contributed by atoms with Gasteiger partial charge in [-0.1, -0.05) is 11.6 Å². The summed E-state index contributed by atoms with van der Waals surface area (Å²) in [7, 11) is 1.29. The Morgan fingerprint density at radius 1 is 1.55 bits per heavy atom. The number of amides is 1. The van der Waals surface area contributed by atoms with E-state index in [-0.39, 0.29) is 12.5 Å². The average molecular weight is 316 g/mol. The van der Waals surface area contributed by atoms with Gasteiger partial charge in [-0.3, -0.25) is 4.79 Å². The molecule has 1 aliphatic rings. The molecule has 1 aromatic heterocycles. The third kappa shape index (κ3) is 3.59. The van der Waals surface area contributed by atoms with Crippen LogP contribution in [0.1, 0.15) is 4.88 Å². The molecule has 1 fully saturated rings. The Hall–Kier alpha value is -1.37. The molecule has 2 heterocycles. The van der Waals surface area contributed by atoms with Crippen molar-refractivity contribution in [2.45, 2.75) is 6.04 Å². The molecule has 0 bridgehead atoms. The molecule has 1 saturated heterocycles. The van der Waals surface area contributed by atoms with Gasteiger partial charge < -0.3 is 14.4 Å². The first-order chi connectivity index (χ1) is 9.61. The van der Waals surface area contributed by atoms with Crippen LogP contribution in [0.25, 0.3) is 6.08 Å². The summed E-state index contributed by atoms with van der Waals surface area (Å²) >= 11 is 7.20. The van der Waals surface area contributed by atoms with Crippen molar-refractivity contribution in [3.8, 4) is 0 Å². The number of halogens is 1. The summed E-state index contributed by atoms with van der Waals surface area (Å²) in [6, 6.07) is 2.91. The molecule has 1 amide bonds. The summed E-state index contributed by atoms with van der Waals surface area (Å²) in [6.07, 6.45) is 3.12. The van der Waals surface area contributed by atoms with E-state index in [2.05, 4.69) is 4.74 Å². The molecular formula is C13H14ClNO4S. The summed E-state index contributed by atoms with van der Waals surface area (Å²) in [5.74, 6) is -0.709. The van der Waals surface area contributed by atoms with Gasteiger partial charge in [0.1, 0.15) is 0 Å². The predicted octanol–water partition coefficient (Wildman–Crippen LogP) is 1.82. The second-order valence-corrected chi connectivity index (χ2v) is 5.87. The van der Waals surface area contributed by atoms with Crippen molar-refractivity contribution in [1.29, 1.82) is 0 Å². The molecule has 1 aliphatic heterocycles. The fourth-order valence-electron chi connectivity index (χ4n) is 1.87. The SMILES string of the molecule is COC(=O)C1COCCN1C(=O)/C=C/c1ccc(Cl)s1. The zero-order chi connectivity index (χ0) is 14.5. The van der Waals surface area contributed by atoms with Crippen LogP contribution in [0.4, 0.5) is 0 Å². The largest absolute Gasteiger partial charge is 0.467 e. The summed E-state index contributed by atoms with van der Waals surface area (Å²) in [6.45, 7) is 0.948. The molecule has 0 radical (unpaired) electrons. The van der Waals surface area contributed by atoms with Crippen molar-refractivity contribution < 1.29 is 19.1 Å². The van der Waals surface area contributed by atoms with E-state index in [1.807, 2.05) is 6.07 Å². The Morgan fingerprint density at radius 3 is 3.00 bits per heavy atom. The molecule has 0 N–H and O–H groups in total. The van der Waals surface area contributed by atoms with Crippen LogP contribution in [0.15, 0.2) is 18.2 Å². The van der Waals surface area contributed by atoms with Gasteiger partial charge in [0, 0.05) is 17.5 Å². The minimum Gasteiger partial charge on any atom is -0.467 e. The van der Waals surface area contributed by atoms with Gasteiger partial charge in [-0.25, -0.2) is 4.79 Å². The lowest BCUT2D eigenvalue weighted by Crippen LogP contribution is -2.52. The summed E-state index contributed by atoms with van der Waals surface area (Å²) in [5.41, 5.74) is 0. The molecule has 0 aromatic carbocycles. The van der Waals surface area contributed by atoms with Crippen LogP contribution < -0.4 is 0 Å². The van der Waals surface area contributed by atoms with Crippen molar-refractivity contribution in [3.63, 3.8) is 0 Å². The van der Waals surface area contributed by atoms with Crippen molar-refractivity contribution >= 4 is 40.9 Å². The van der Waals surface area contributed by atoms with Gasteiger partial charge in [0.2, 0.25) is 5.91 Å². The van der Waals surface area contributed by atoms with Crippen LogP contribution in [-0.2, 0) is 19.1 Å². The van der Waals surface area contributed by atoms with E-state index < -0.39 is 12.0 Å². The highest BCUT2D eigenvalue weighted by atomic mass is 35.5. The number of carbonyl (C=O) groups is 2. The zero-order valence-electron chi connectivity index (χ0n) is 10.9. The minimum atomic E-state index is -0.683. The fraction of sp³-hybridized carbons (Fsp3) is 0.385. The molecule has 20 heavy (non-hydrogen) atoms.